The highest BCUT2D eigenvalue weighted by Gasteiger charge is 2.15. The number of hydrogen-bond acceptors (Lipinski definition) is 4. The van der Waals surface area contributed by atoms with Crippen molar-refractivity contribution in [3.05, 3.63) is 24.3 Å². The van der Waals surface area contributed by atoms with Gasteiger partial charge in [0.15, 0.2) is 0 Å². The molecule has 0 saturated carbocycles. The lowest BCUT2D eigenvalue weighted by molar-refractivity contribution is -0.118. The van der Waals surface area contributed by atoms with E-state index in [9.17, 15) is 13.2 Å². The summed E-state index contributed by atoms with van der Waals surface area (Å²) in [4.78, 5) is 10.9. The predicted molar refractivity (Wildman–Crippen MR) is 71.2 cm³/mol. The van der Waals surface area contributed by atoms with E-state index in [1.54, 1.807) is 19.1 Å². The van der Waals surface area contributed by atoms with Crippen molar-refractivity contribution in [2.45, 2.75) is 18.2 Å². The van der Waals surface area contributed by atoms with E-state index >= 15 is 0 Å². The zero-order valence-electron chi connectivity index (χ0n) is 10.9. The zero-order chi connectivity index (χ0) is 14.5. The highest BCUT2D eigenvalue weighted by molar-refractivity contribution is 7.89. The summed E-state index contributed by atoms with van der Waals surface area (Å²) in [6.45, 7) is 1.92. The van der Waals surface area contributed by atoms with E-state index in [1.165, 1.54) is 19.2 Å². The minimum Gasteiger partial charge on any atom is -0.497 e. The number of carbonyl (C=O) groups excluding carboxylic acids is 1. The Balaban J connectivity index is 2.67. The van der Waals surface area contributed by atoms with E-state index < -0.39 is 15.9 Å². The van der Waals surface area contributed by atoms with Gasteiger partial charge in [0.2, 0.25) is 15.9 Å². The molecule has 3 N–H and O–H groups in total. The maximum absolute atomic E-state index is 12.0. The smallest absolute Gasteiger partial charge is 0.240 e. The van der Waals surface area contributed by atoms with Crippen LogP contribution in [0.2, 0.25) is 0 Å². The molecule has 0 saturated heterocycles. The van der Waals surface area contributed by atoms with Crippen molar-refractivity contribution < 1.29 is 17.9 Å². The first-order valence-corrected chi connectivity index (χ1v) is 7.25. The second-order valence-electron chi connectivity index (χ2n) is 4.30. The fourth-order valence-corrected chi connectivity index (χ4v) is 2.67. The molecular weight excluding hydrogens is 268 g/mol. The van der Waals surface area contributed by atoms with Crippen LogP contribution in [-0.4, -0.2) is 28.0 Å². The molecule has 0 heterocycles. The second kappa shape index (κ2) is 6.53. The van der Waals surface area contributed by atoms with E-state index in [-0.39, 0.29) is 23.8 Å². The molecule has 0 spiro atoms. The summed E-state index contributed by atoms with van der Waals surface area (Å²) in [6, 6.07) is 6.06. The molecule has 0 aliphatic carbocycles. The van der Waals surface area contributed by atoms with Gasteiger partial charge in [0.1, 0.15) is 5.75 Å². The molecule has 7 heteroatoms. The van der Waals surface area contributed by atoms with Crippen LogP contribution < -0.4 is 15.2 Å². The Labute approximate surface area is 113 Å². The standard InChI is InChI=1S/C12H18N2O4S/c1-9(7-12(13)15)8-14-19(16,17)11-5-3-10(18-2)4-6-11/h3-6,9,14H,7-8H2,1-2H3,(H2,13,15)/t9-/m1/s1. The third-order valence-electron chi connectivity index (χ3n) is 2.54. The van der Waals surface area contributed by atoms with Crippen LogP contribution in [0.5, 0.6) is 5.75 Å². The minimum absolute atomic E-state index is 0.144. The van der Waals surface area contributed by atoms with Gasteiger partial charge in [0, 0.05) is 13.0 Å². The zero-order valence-corrected chi connectivity index (χ0v) is 11.7. The Morgan fingerprint density at radius 3 is 2.42 bits per heavy atom. The van der Waals surface area contributed by atoms with E-state index in [2.05, 4.69) is 4.72 Å². The summed E-state index contributed by atoms with van der Waals surface area (Å²) in [5.41, 5.74) is 5.05. The van der Waals surface area contributed by atoms with E-state index in [1.807, 2.05) is 0 Å². The average Bonchev–Trinajstić information content (AvgIpc) is 2.36. The summed E-state index contributed by atoms with van der Waals surface area (Å²) in [5.74, 6) is -0.0114. The van der Waals surface area contributed by atoms with Crippen molar-refractivity contribution in [3.8, 4) is 5.75 Å². The number of sulfonamides is 1. The lowest BCUT2D eigenvalue weighted by Crippen LogP contribution is -2.30. The molecule has 0 bridgehead atoms. The number of primary amides is 1. The number of carbonyl (C=O) groups is 1. The van der Waals surface area contributed by atoms with E-state index in [4.69, 9.17) is 10.5 Å². The number of rotatable bonds is 7. The summed E-state index contributed by atoms with van der Waals surface area (Å²) in [7, 11) is -2.07. The third-order valence-corrected chi connectivity index (χ3v) is 3.98. The minimum atomic E-state index is -3.57. The Hall–Kier alpha value is -1.60. The SMILES string of the molecule is COc1ccc(S(=O)(=O)NC[C@H](C)CC(N)=O)cc1. The molecule has 1 rings (SSSR count). The second-order valence-corrected chi connectivity index (χ2v) is 6.07. The Kier molecular flexibility index (Phi) is 5.31. The van der Waals surface area contributed by atoms with Gasteiger partial charge in [-0.15, -0.1) is 0 Å². The molecule has 1 aromatic rings. The van der Waals surface area contributed by atoms with Gasteiger partial charge in [0.05, 0.1) is 12.0 Å². The number of nitrogens with two attached hydrogens (primary N) is 1. The van der Waals surface area contributed by atoms with Gasteiger partial charge in [-0.1, -0.05) is 6.92 Å². The predicted octanol–water partition coefficient (Wildman–Crippen LogP) is 0.485. The van der Waals surface area contributed by atoms with Crippen LogP contribution in [0.3, 0.4) is 0 Å². The Morgan fingerprint density at radius 1 is 1.37 bits per heavy atom. The highest BCUT2D eigenvalue weighted by atomic mass is 32.2. The van der Waals surface area contributed by atoms with Gasteiger partial charge in [0.25, 0.3) is 0 Å². The number of ether oxygens (including phenoxy) is 1. The first-order chi connectivity index (χ1) is 8.85. The van der Waals surface area contributed by atoms with Crippen LogP contribution in [0.4, 0.5) is 0 Å². The molecule has 1 atom stereocenters. The van der Waals surface area contributed by atoms with Crippen LogP contribution in [0, 0.1) is 5.92 Å². The Morgan fingerprint density at radius 2 is 1.95 bits per heavy atom. The molecule has 6 nitrogen and oxygen atoms in total. The molecule has 0 radical (unpaired) electrons. The summed E-state index contributed by atoms with van der Waals surface area (Å²) in [6.07, 6.45) is 0.144. The number of methoxy groups -OCH3 is 1. The highest BCUT2D eigenvalue weighted by Crippen LogP contribution is 2.15. The summed E-state index contributed by atoms with van der Waals surface area (Å²) in [5, 5.41) is 0. The van der Waals surface area contributed by atoms with Crippen molar-refractivity contribution in [2.24, 2.45) is 11.7 Å². The molecule has 0 aromatic heterocycles. The first-order valence-electron chi connectivity index (χ1n) is 5.77. The molecule has 0 unspecified atom stereocenters. The number of hydrogen-bond donors (Lipinski definition) is 2. The van der Waals surface area contributed by atoms with Crippen molar-refractivity contribution >= 4 is 15.9 Å². The molecule has 19 heavy (non-hydrogen) atoms. The maximum Gasteiger partial charge on any atom is 0.240 e. The summed E-state index contributed by atoms with van der Waals surface area (Å²) < 4.78 is 31.3. The molecule has 0 aliphatic rings. The maximum atomic E-state index is 12.0. The van der Waals surface area contributed by atoms with E-state index in [0.717, 1.165) is 0 Å². The lowest BCUT2D eigenvalue weighted by atomic mass is 10.1. The molecular formula is C12H18N2O4S. The molecule has 106 valence electrons. The van der Waals surface area contributed by atoms with Gasteiger partial charge in [-0.2, -0.15) is 0 Å². The van der Waals surface area contributed by atoms with Crippen molar-refractivity contribution in [2.75, 3.05) is 13.7 Å². The third kappa shape index (κ3) is 4.88. The molecule has 0 aliphatic heterocycles. The van der Waals surface area contributed by atoms with Crippen molar-refractivity contribution in [1.29, 1.82) is 0 Å². The Bertz CT molecular complexity index is 525. The van der Waals surface area contributed by atoms with Crippen LogP contribution in [0.25, 0.3) is 0 Å². The van der Waals surface area contributed by atoms with E-state index in [0.29, 0.717) is 5.75 Å². The van der Waals surface area contributed by atoms with Gasteiger partial charge < -0.3 is 10.5 Å². The average molecular weight is 286 g/mol. The number of nitrogens with one attached hydrogen (secondary N) is 1. The topological polar surface area (TPSA) is 98.5 Å². The molecule has 0 fully saturated rings. The number of benzene rings is 1. The number of amides is 1. The van der Waals surface area contributed by atoms with Crippen molar-refractivity contribution in [3.63, 3.8) is 0 Å². The van der Waals surface area contributed by atoms with Crippen LogP contribution in [0.1, 0.15) is 13.3 Å². The summed E-state index contributed by atoms with van der Waals surface area (Å²) >= 11 is 0. The molecule has 1 amide bonds. The lowest BCUT2D eigenvalue weighted by Gasteiger charge is -2.11. The van der Waals surface area contributed by atoms with Gasteiger partial charge >= 0.3 is 0 Å². The van der Waals surface area contributed by atoms with Gasteiger partial charge in [-0.3, -0.25) is 4.79 Å². The van der Waals surface area contributed by atoms with Crippen LogP contribution >= 0.6 is 0 Å². The largest absolute Gasteiger partial charge is 0.497 e. The fraction of sp³-hybridized carbons (Fsp3) is 0.417. The first kappa shape index (κ1) is 15.5. The molecule has 1 aromatic carbocycles. The fourth-order valence-electron chi connectivity index (χ4n) is 1.51. The van der Waals surface area contributed by atoms with Gasteiger partial charge in [-0.25, -0.2) is 13.1 Å². The van der Waals surface area contributed by atoms with Crippen molar-refractivity contribution in [1.82, 2.24) is 4.72 Å². The van der Waals surface area contributed by atoms with Gasteiger partial charge in [-0.05, 0) is 30.2 Å². The van der Waals surface area contributed by atoms with Crippen LogP contribution in [-0.2, 0) is 14.8 Å². The monoisotopic (exact) mass is 286 g/mol. The van der Waals surface area contributed by atoms with Crippen LogP contribution in [0.15, 0.2) is 29.2 Å². The normalized spacial score (nSPS) is 12.9. The quantitative estimate of drug-likeness (QED) is 0.762.